The number of amides is 1. The summed E-state index contributed by atoms with van der Waals surface area (Å²) >= 11 is 0. The Bertz CT molecular complexity index is 1160. The average molecular weight is 419 g/mol. The van der Waals surface area contributed by atoms with E-state index in [9.17, 15) is 15.0 Å². The van der Waals surface area contributed by atoms with E-state index in [1.807, 2.05) is 12.1 Å². The molecule has 1 aliphatic heterocycles. The number of fused-ring (bicyclic) bond motifs is 1. The van der Waals surface area contributed by atoms with E-state index in [2.05, 4.69) is 10.4 Å². The highest BCUT2D eigenvalue weighted by Crippen LogP contribution is 2.36. The maximum Gasteiger partial charge on any atom is 0.278 e. The number of anilines is 1. The number of hydrogen-bond donors (Lipinski definition) is 3. The monoisotopic (exact) mass is 419 g/mol. The number of carbonyl (C=O) groups is 1. The van der Waals surface area contributed by atoms with Crippen LogP contribution in [-0.4, -0.2) is 41.6 Å². The molecule has 0 bridgehead atoms. The number of carbonyl (C=O) groups excluding carboxylic acids is 1. The third-order valence-corrected chi connectivity index (χ3v) is 4.96. The fourth-order valence-electron chi connectivity index (χ4n) is 3.36. The summed E-state index contributed by atoms with van der Waals surface area (Å²) in [6.45, 7) is 0. The van der Waals surface area contributed by atoms with Crippen LogP contribution in [0.25, 0.3) is 0 Å². The number of para-hydroxylation sites is 1. The first kappa shape index (κ1) is 20.1. The van der Waals surface area contributed by atoms with E-state index in [-0.39, 0.29) is 23.2 Å². The summed E-state index contributed by atoms with van der Waals surface area (Å²) in [5.74, 6) is 0.321. The first-order valence-corrected chi connectivity index (χ1v) is 9.49. The number of benzene rings is 3. The molecule has 0 radical (unpaired) electrons. The van der Waals surface area contributed by atoms with Gasteiger partial charge < -0.3 is 25.0 Å². The van der Waals surface area contributed by atoms with Crippen LogP contribution in [0.1, 0.15) is 27.7 Å². The van der Waals surface area contributed by atoms with Crippen LogP contribution in [0.2, 0.25) is 0 Å². The third kappa shape index (κ3) is 3.83. The summed E-state index contributed by atoms with van der Waals surface area (Å²) < 4.78 is 10.3. The molecule has 8 heteroatoms. The predicted octanol–water partition coefficient (Wildman–Crippen LogP) is 3.72. The summed E-state index contributed by atoms with van der Waals surface area (Å²) in [6, 6.07) is 16.8. The van der Waals surface area contributed by atoms with Crippen LogP contribution < -0.4 is 14.8 Å². The molecule has 1 heterocycles. The summed E-state index contributed by atoms with van der Waals surface area (Å²) in [5, 5.41) is 28.8. The number of ether oxygens (including phenoxy) is 2. The van der Waals surface area contributed by atoms with Crippen molar-refractivity contribution in [2.24, 2.45) is 5.10 Å². The zero-order chi connectivity index (χ0) is 22.0. The predicted molar refractivity (Wildman–Crippen MR) is 116 cm³/mol. The molecule has 0 saturated carbocycles. The molecule has 3 aromatic carbocycles. The highest BCUT2D eigenvalue weighted by atomic mass is 16.5. The molecule has 0 fully saturated rings. The zero-order valence-electron chi connectivity index (χ0n) is 16.9. The van der Waals surface area contributed by atoms with Crippen LogP contribution >= 0.6 is 0 Å². The fraction of sp³-hybridized carbons (Fsp3) is 0.130. The van der Waals surface area contributed by atoms with Crippen LogP contribution in [0.4, 0.5) is 5.69 Å². The Kier molecular flexibility index (Phi) is 5.36. The van der Waals surface area contributed by atoms with Crippen molar-refractivity contribution in [3.05, 3.63) is 77.4 Å². The van der Waals surface area contributed by atoms with Gasteiger partial charge in [-0.15, -0.1) is 0 Å². The second kappa shape index (κ2) is 8.27. The number of aromatic hydroxyl groups is 2. The molecular weight excluding hydrogens is 398 g/mol. The quantitative estimate of drug-likeness (QED) is 0.545. The molecule has 0 aromatic heterocycles. The van der Waals surface area contributed by atoms with E-state index >= 15 is 0 Å². The van der Waals surface area contributed by atoms with E-state index < -0.39 is 6.17 Å². The minimum atomic E-state index is -0.632. The van der Waals surface area contributed by atoms with Gasteiger partial charge in [-0.3, -0.25) is 4.79 Å². The fourth-order valence-corrected chi connectivity index (χ4v) is 3.36. The van der Waals surface area contributed by atoms with Crippen LogP contribution in [0, 0.1) is 0 Å². The van der Waals surface area contributed by atoms with Crippen LogP contribution in [0.3, 0.4) is 0 Å². The van der Waals surface area contributed by atoms with Gasteiger partial charge in [-0.1, -0.05) is 18.2 Å². The van der Waals surface area contributed by atoms with Gasteiger partial charge in [0.05, 0.1) is 26.0 Å². The molecular formula is C23H21N3O5. The second-order valence-electron chi connectivity index (χ2n) is 6.85. The van der Waals surface area contributed by atoms with Crippen molar-refractivity contribution >= 4 is 17.8 Å². The largest absolute Gasteiger partial charge is 0.504 e. The van der Waals surface area contributed by atoms with Gasteiger partial charge in [0.25, 0.3) is 5.91 Å². The van der Waals surface area contributed by atoms with Gasteiger partial charge in [0.15, 0.2) is 29.2 Å². The molecule has 1 aliphatic rings. The van der Waals surface area contributed by atoms with E-state index in [4.69, 9.17) is 9.47 Å². The highest BCUT2D eigenvalue weighted by Gasteiger charge is 2.33. The van der Waals surface area contributed by atoms with Crippen molar-refractivity contribution in [1.29, 1.82) is 0 Å². The SMILES string of the molecule is COc1cc(/C=N\N2C(=O)c3ccccc3N[C@@H]2c2ccc(O)c(OC)c2)ccc1O. The van der Waals surface area contributed by atoms with E-state index in [1.54, 1.807) is 36.4 Å². The number of rotatable bonds is 5. The first-order valence-electron chi connectivity index (χ1n) is 9.49. The lowest BCUT2D eigenvalue weighted by Crippen LogP contribution is -2.39. The number of nitrogens with zero attached hydrogens (tertiary/aromatic N) is 2. The minimum Gasteiger partial charge on any atom is -0.504 e. The molecule has 0 aliphatic carbocycles. The standard InChI is InChI=1S/C23H21N3O5/c1-30-20-11-14(7-9-18(20)27)13-24-26-22(15-8-10-19(28)21(12-15)31-2)25-17-6-4-3-5-16(17)23(26)29/h3-13,22,25,27-28H,1-2H3/b24-13-/t22-/m0/s1. The molecule has 0 spiro atoms. The number of hydrazone groups is 1. The Balaban J connectivity index is 1.75. The van der Waals surface area contributed by atoms with Crippen LogP contribution in [-0.2, 0) is 0 Å². The number of phenols is 2. The summed E-state index contributed by atoms with van der Waals surface area (Å²) in [7, 11) is 2.92. The van der Waals surface area contributed by atoms with Gasteiger partial charge in [0, 0.05) is 11.3 Å². The summed E-state index contributed by atoms with van der Waals surface area (Å²) in [5.41, 5.74) is 2.49. The van der Waals surface area contributed by atoms with Gasteiger partial charge in [-0.05, 0) is 48.0 Å². The van der Waals surface area contributed by atoms with Crippen molar-refractivity contribution < 1.29 is 24.5 Å². The lowest BCUT2D eigenvalue weighted by molar-refractivity contribution is 0.0691. The zero-order valence-corrected chi connectivity index (χ0v) is 16.9. The molecule has 0 saturated heterocycles. The normalized spacial score (nSPS) is 15.5. The Labute approximate surface area is 179 Å². The van der Waals surface area contributed by atoms with Gasteiger partial charge in [-0.2, -0.15) is 5.10 Å². The maximum absolute atomic E-state index is 13.2. The molecule has 31 heavy (non-hydrogen) atoms. The van der Waals surface area contributed by atoms with Gasteiger partial charge in [-0.25, -0.2) is 5.01 Å². The molecule has 1 amide bonds. The average Bonchev–Trinajstić information content (AvgIpc) is 2.79. The lowest BCUT2D eigenvalue weighted by Gasteiger charge is -2.34. The van der Waals surface area contributed by atoms with Gasteiger partial charge in [0.2, 0.25) is 0 Å². The van der Waals surface area contributed by atoms with E-state index in [0.717, 1.165) is 0 Å². The smallest absolute Gasteiger partial charge is 0.278 e. The van der Waals surface area contributed by atoms with Crippen LogP contribution in [0.5, 0.6) is 23.0 Å². The number of hydrogen-bond acceptors (Lipinski definition) is 7. The molecule has 0 unspecified atom stereocenters. The van der Waals surface area contributed by atoms with Crippen molar-refractivity contribution in [3.63, 3.8) is 0 Å². The topological polar surface area (TPSA) is 104 Å². The summed E-state index contributed by atoms with van der Waals surface area (Å²) in [4.78, 5) is 13.2. The maximum atomic E-state index is 13.2. The van der Waals surface area contributed by atoms with Crippen LogP contribution in [0.15, 0.2) is 65.8 Å². The molecule has 8 nitrogen and oxygen atoms in total. The lowest BCUT2D eigenvalue weighted by atomic mass is 10.0. The van der Waals surface area contributed by atoms with Gasteiger partial charge in [0.1, 0.15) is 0 Å². The van der Waals surface area contributed by atoms with E-state index in [0.29, 0.717) is 28.1 Å². The van der Waals surface area contributed by atoms with E-state index in [1.165, 1.54) is 37.6 Å². The third-order valence-electron chi connectivity index (χ3n) is 4.96. The Morgan fingerprint density at radius 3 is 2.39 bits per heavy atom. The minimum absolute atomic E-state index is 0.0000238. The summed E-state index contributed by atoms with van der Waals surface area (Å²) in [6.07, 6.45) is 0.882. The van der Waals surface area contributed by atoms with Crippen molar-refractivity contribution in [2.45, 2.75) is 6.17 Å². The Morgan fingerprint density at radius 2 is 1.65 bits per heavy atom. The number of nitrogens with one attached hydrogen (secondary N) is 1. The highest BCUT2D eigenvalue weighted by molar-refractivity contribution is 6.02. The molecule has 3 aromatic rings. The van der Waals surface area contributed by atoms with Crippen molar-refractivity contribution in [2.75, 3.05) is 19.5 Å². The molecule has 158 valence electrons. The molecule has 4 rings (SSSR count). The Hall–Kier alpha value is -4.20. The van der Waals surface area contributed by atoms with Gasteiger partial charge >= 0.3 is 0 Å². The van der Waals surface area contributed by atoms with Crippen molar-refractivity contribution in [1.82, 2.24) is 5.01 Å². The molecule has 3 N–H and O–H groups in total. The number of phenolic OH excluding ortho intramolecular Hbond substituents is 2. The van der Waals surface area contributed by atoms with Crippen molar-refractivity contribution in [3.8, 4) is 23.0 Å². The first-order chi connectivity index (χ1) is 15.0. The second-order valence-corrected chi connectivity index (χ2v) is 6.85. The molecule has 1 atom stereocenters. The Morgan fingerprint density at radius 1 is 0.968 bits per heavy atom. The number of methoxy groups -OCH3 is 2.